The van der Waals surface area contributed by atoms with Gasteiger partial charge in [0.1, 0.15) is 6.33 Å². The average molecular weight is 313 g/mol. The van der Waals surface area contributed by atoms with E-state index in [-0.39, 0.29) is 11.3 Å². The fourth-order valence-corrected chi connectivity index (χ4v) is 3.45. The second kappa shape index (κ2) is 7.35. The first kappa shape index (κ1) is 15.6. The molecule has 3 rings (SSSR count). The summed E-state index contributed by atoms with van der Waals surface area (Å²) in [5.41, 5.74) is 1.47. The van der Waals surface area contributed by atoms with E-state index in [0.29, 0.717) is 13.0 Å². The zero-order valence-corrected chi connectivity index (χ0v) is 13.3. The molecule has 1 heterocycles. The lowest BCUT2D eigenvalue weighted by Gasteiger charge is -2.30. The molecule has 23 heavy (non-hydrogen) atoms. The Bertz CT molecular complexity index is 605. The van der Waals surface area contributed by atoms with Crippen molar-refractivity contribution in [2.45, 2.75) is 50.5 Å². The van der Waals surface area contributed by atoms with Crippen LogP contribution in [0.4, 0.5) is 0 Å². The SMILES string of the molecule is O=C(CCCn1cnnn1)NCC1(c2ccccc2)CCCC1. The van der Waals surface area contributed by atoms with Crippen LogP contribution in [0.15, 0.2) is 36.7 Å². The summed E-state index contributed by atoms with van der Waals surface area (Å²) in [4.78, 5) is 12.1. The number of aromatic nitrogens is 4. The molecule has 0 spiro atoms. The average Bonchev–Trinajstić information content (AvgIpc) is 3.26. The summed E-state index contributed by atoms with van der Waals surface area (Å²) in [7, 11) is 0. The Hall–Kier alpha value is -2.24. The van der Waals surface area contributed by atoms with Crippen LogP contribution < -0.4 is 5.32 Å². The number of hydrogen-bond donors (Lipinski definition) is 1. The lowest BCUT2D eigenvalue weighted by atomic mass is 9.79. The fourth-order valence-electron chi connectivity index (χ4n) is 3.45. The molecule has 1 aromatic heterocycles. The first-order valence-corrected chi connectivity index (χ1v) is 8.32. The fraction of sp³-hybridized carbons (Fsp3) is 0.529. The van der Waals surface area contributed by atoms with Gasteiger partial charge in [-0.05, 0) is 35.3 Å². The summed E-state index contributed by atoms with van der Waals surface area (Å²) < 4.78 is 1.65. The zero-order chi connectivity index (χ0) is 16.0. The van der Waals surface area contributed by atoms with Crippen LogP contribution in [0, 0.1) is 0 Å². The summed E-state index contributed by atoms with van der Waals surface area (Å²) in [6.45, 7) is 1.41. The van der Waals surface area contributed by atoms with E-state index in [1.807, 2.05) is 6.07 Å². The molecular weight excluding hydrogens is 290 g/mol. The number of nitrogens with zero attached hydrogens (tertiary/aromatic N) is 4. The van der Waals surface area contributed by atoms with E-state index in [4.69, 9.17) is 0 Å². The number of aryl methyl sites for hydroxylation is 1. The largest absolute Gasteiger partial charge is 0.355 e. The molecule has 1 aromatic carbocycles. The Morgan fingerprint density at radius 1 is 1.22 bits per heavy atom. The van der Waals surface area contributed by atoms with E-state index in [1.165, 1.54) is 18.4 Å². The number of rotatable bonds is 7. The Kier molecular flexibility index (Phi) is 5.00. The van der Waals surface area contributed by atoms with Crippen molar-refractivity contribution in [3.8, 4) is 0 Å². The highest BCUT2D eigenvalue weighted by Gasteiger charge is 2.35. The third-order valence-electron chi connectivity index (χ3n) is 4.75. The monoisotopic (exact) mass is 313 g/mol. The van der Waals surface area contributed by atoms with Crippen molar-refractivity contribution in [1.82, 2.24) is 25.5 Å². The van der Waals surface area contributed by atoms with Gasteiger partial charge in [-0.2, -0.15) is 0 Å². The first-order valence-electron chi connectivity index (χ1n) is 8.32. The Labute approximate surface area is 136 Å². The highest BCUT2D eigenvalue weighted by molar-refractivity contribution is 5.76. The zero-order valence-electron chi connectivity index (χ0n) is 13.3. The highest BCUT2D eigenvalue weighted by Crippen LogP contribution is 2.40. The van der Waals surface area contributed by atoms with Gasteiger partial charge in [-0.25, -0.2) is 4.68 Å². The molecule has 0 radical (unpaired) electrons. The molecule has 1 fully saturated rings. The second-order valence-corrected chi connectivity index (χ2v) is 6.31. The van der Waals surface area contributed by atoms with Gasteiger partial charge in [0, 0.05) is 24.9 Å². The van der Waals surface area contributed by atoms with Crippen LogP contribution in [0.3, 0.4) is 0 Å². The molecule has 0 atom stereocenters. The molecule has 0 aliphatic heterocycles. The van der Waals surface area contributed by atoms with Gasteiger partial charge in [-0.3, -0.25) is 4.79 Å². The molecule has 0 saturated heterocycles. The first-order chi connectivity index (χ1) is 11.3. The lowest BCUT2D eigenvalue weighted by molar-refractivity contribution is -0.121. The molecule has 2 aromatic rings. The third kappa shape index (κ3) is 3.94. The van der Waals surface area contributed by atoms with Crippen molar-refractivity contribution in [1.29, 1.82) is 0 Å². The van der Waals surface area contributed by atoms with E-state index in [2.05, 4.69) is 45.1 Å². The topological polar surface area (TPSA) is 72.7 Å². The van der Waals surface area contributed by atoms with Crippen LogP contribution >= 0.6 is 0 Å². The van der Waals surface area contributed by atoms with Crippen LogP contribution in [0.25, 0.3) is 0 Å². The molecule has 0 unspecified atom stereocenters. The van der Waals surface area contributed by atoms with Crippen molar-refractivity contribution < 1.29 is 4.79 Å². The molecule has 1 aliphatic carbocycles. The molecule has 6 heteroatoms. The molecule has 0 bridgehead atoms. The van der Waals surface area contributed by atoms with Crippen LogP contribution in [0.5, 0.6) is 0 Å². The molecule has 1 aliphatic rings. The van der Waals surface area contributed by atoms with E-state index in [9.17, 15) is 4.79 Å². The molecule has 1 amide bonds. The Morgan fingerprint density at radius 3 is 2.70 bits per heavy atom. The van der Waals surface area contributed by atoms with Crippen molar-refractivity contribution in [3.63, 3.8) is 0 Å². The minimum Gasteiger partial charge on any atom is -0.355 e. The quantitative estimate of drug-likeness (QED) is 0.849. The normalized spacial score (nSPS) is 16.3. The predicted molar refractivity (Wildman–Crippen MR) is 86.6 cm³/mol. The maximum Gasteiger partial charge on any atom is 0.220 e. The van der Waals surface area contributed by atoms with Crippen molar-refractivity contribution in [3.05, 3.63) is 42.2 Å². The van der Waals surface area contributed by atoms with Crippen LogP contribution in [0.2, 0.25) is 0 Å². The molecule has 1 saturated carbocycles. The van der Waals surface area contributed by atoms with Crippen molar-refractivity contribution >= 4 is 5.91 Å². The summed E-state index contributed by atoms with van der Waals surface area (Å²) >= 11 is 0. The Balaban J connectivity index is 1.50. The van der Waals surface area contributed by atoms with Crippen molar-refractivity contribution in [2.75, 3.05) is 6.54 Å². The maximum absolute atomic E-state index is 12.1. The number of benzene rings is 1. The van der Waals surface area contributed by atoms with Gasteiger partial charge in [-0.15, -0.1) is 5.10 Å². The number of carbonyl (C=O) groups is 1. The summed E-state index contributed by atoms with van der Waals surface area (Å²) in [5, 5.41) is 14.1. The van der Waals surface area contributed by atoms with E-state index in [0.717, 1.165) is 25.8 Å². The van der Waals surface area contributed by atoms with Crippen LogP contribution in [-0.2, 0) is 16.8 Å². The standard InChI is InChI=1S/C17H23N5O/c23-16(9-6-12-22-14-19-20-21-22)18-13-17(10-4-5-11-17)15-7-2-1-3-8-15/h1-3,7-8,14H,4-6,9-13H2,(H,18,23). The summed E-state index contributed by atoms with van der Waals surface area (Å²) in [5.74, 6) is 0.111. The van der Waals surface area contributed by atoms with Gasteiger partial charge in [0.2, 0.25) is 5.91 Å². The van der Waals surface area contributed by atoms with Gasteiger partial charge in [0.15, 0.2) is 0 Å². The minimum atomic E-state index is 0.111. The van der Waals surface area contributed by atoms with E-state index >= 15 is 0 Å². The van der Waals surface area contributed by atoms with Crippen LogP contribution in [0.1, 0.15) is 44.1 Å². The number of nitrogens with one attached hydrogen (secondary N) is 1. The second-order valence-electron chi connectivity index (χ2n) is 6.31. The molecule has 6 nitrogen and oxygen atoms in total. The predicted octanol–water partition coefficient (Wildman–Crippen LogP) is 2.08. The highest BCUT2D eigenvalue weighted by atomic mass is 16.1. The van der Waals surface area contributed by atoms with Gasteiger partial charge in [0.05, 0.1) is 0 Å². The molecular formula is C17H23N5O. The number of amides is 1. The van der Waals surface area contributed by atoms with Gasteiger partial charge in [-0.1, -0.05) is 43.2 Å². The minimum absolute atomic E-state index is 0.111. The van der Waals surface area contributed by atoms with Gasteiger partial charge >= 0.3 is 0 Å². The molecule has 122 valence electrons. The maximum atomic E-state index is 12.1. The lowest BCUT2D eigenvalue weighted by Crippen LogP contribution is -2.39. The molecule has 1 N–H and O–H groups in total. The van der Waals surface area contributed by atoms with E-state index < -0.39 is 0 Å². The third-order valence-corrected chi connectivity index (χ3v) is 4.75. The van der Waals surface area contributed by atoms with Crippen molar-refractivity contribution in [2.24, 2.45) is 0 Å². The summed E-state index contributed by atoms with van der Waals surface area (Å²) in [6, 6.07) is 10.6. The van der Waals surface area contributed by atoms with Gasteiger partial charge in [0.25, 0.3) is 0 Å². The summed E-state index contributed by atoms with van der Waals surface area (Å²) in [6.07, 6.45) is 7.61. The Morgan fingerprint density at radius 2 is 2.00 bits per heavy atom. The number of tetrazole rings is 1. The number of hydrogen-bond acceptors (Lipinski definition) is 4. The van der Waals surface area contributed by atoms with Crippen LogP contribution in [-0.4, -0.2) is 32.7 Å². The number of carbonyl (C=O) groups excluding carboxylic acids is 1. The van der Waals surface area contributed by atoms with Gasteiger partial charge < -0.3 is 5.32 Å². The smallest absolute Gasteiger partial charge is 0.220 e. The van der Waals surface area contributed by atoms with E-state index in [1.54, 1.807) is 11.0 Å².